The first-order valence-electron chi connectivity index (χ1n) is 7.42. The smallest absolute Gasteiger partial charge is 0.406 e. The standard InChI is InChI=1S/C16H16F3NO3/c17-16(18,19)23-13-3-1-12(2-4-13)14(11-20)5-7-15(8-6-14)21-9-10-22-15/h1-4H,5-10H2. The van der Waals surface area contributed by atoms with Crippen LogP contribution < -0.4 is 4.74 Å². The number of rotatable bonds is 2. The van der Waals surface area contributed by atoms with Crippen molar-refractivity contribution in [3.63, 3.8) is 0 Å². The molecule has 1 spiro atoms. The zero-order valence-electron chi connectivity index (χ0n) is 12.4. The predicted molar refractivity (Wildman–Crippen MR) is 73.5 cm³/mol. The molecule has 0 amide bonds. The molecule has 2 fully saturated rings. The first-order chi connectivity index (χ1) is 10.9. The second kappa shape index (κ2) is 5.69. The minimum absolute atomic E-state index is 0.288. The maximum atomic E-state index is 12.2. The Morgan fingerprint density at radius 3 is 2.04 bits per heavy atom. The van der Waals surface area contributed by atoms with Crippen molar-refractivity contribution in [3.8, 4) is 11.8 Å². The monoisotopic (exact) mass is 327 g/mol. The van der Waals surface area contributed by atoms with Crippen molar-refractivity contribution in [3.05, 3.63) is 29.8 Å². The Morgan fingerprint density at radius 1 is 1.00 bits per heavy atom. The van der Waals surface area contributed by atoms with Gasteiger partial charge >= 0.3 is 6.36 Å². The largest absolute Gasteiger partial charge is 0.573 e. The van der Waals surface area contributed by atoms with Crippen LogP contribution in [0.25, 0.3) is 0 Å². The second-order valence-corrected chi connectivity index (χ2v) is 5.87. The van der Waals surface area contributed by atoms with Gasteiger partial charge in [0.25, 0.3) is 0 Å². The minimum Gasteiger partial charge on any atom is -0.406 e. The highest BCUT2D eigenvalue weighted by atomic mass is 19.4. The lowest BCUT2D eigenvalue weighted by molar-refractivity contribution is -0.274. The number of ether oxygens (including phenoxy) is 3. The minimum atomic E-state index is -4.72. The summed E-state index contributed by atoms with van der Waals surface area (Å²) in [6.07, 6.45) is -2.43. The Labute approximate surface area is 131 Å². The van der Waals surface area contributed by atoms with E-state index in [1.807, 2.05) is 0 Å². The molecular weight excluding hydrogens is 311 g/mol. The molecule has 7 heteroatoms. The Morgan fingerprint density at radius 2 is 1.57 bits per heavy atom. The summed E-state index contributed by atoms with van der Waals surface area (Å²) in [5.41, 5.74) is -0.0282. The molecule has 23 heavy (non-hydrogen) atoms. The Hall–Kier alpha value is -1.78. The average molecular weight is 327 g/mol. The average Bonchev–Trinajstić information content (AvgIpc) is 2.96. The number of halogens is 3. The van der Waals surface area contributed by atoms with Crippen LogP contribution in [0.5, 0.6) is 5.75 Å². The molecule has 0 atom stereocenters. The Bertz CT molecular complexity index is 590. The molecule has 0 aromatic heterocycles. The van der Waals surface area contributed by atoms with Gasteiger partial charge in [0.1, 0.15) is 5.75 Å². The summed E-state index contributed by atoms with van der Waals surface area (Å²) < 4.78 is 51.8. The molecule has 0 unspecified atom stereocenters. The van der Waals surface area contributed by atoms with E-state index in [0.29, 0.717) is 44.5 Å². The van der Waals surface area contributed by atoms with Gasteiger partial charge in [-0.05, 0) is 30.5 Å². The summed E-state index contributed by atoms with van der Waals surface area (Å²) in [6.45, 7) is 1.12. The van der Waals surface area contributed by atoms with Crippen molar-refractivity contribution in [2.75, 3.05) is 13.2 Å². The molecule has 1 aliphatic carbocycles. The quantitative estimate of drug-likeness (QED) is 0.832. The van der Waals surface area contributed by atoms with Gasteiger partial charge in [0.2, 0.25) is 0 Å². The molecule has 1 aliphatic heterocycles. The van der Waals surface area contributed by atoms with Gasteiger partial charge in [-0.25, -0.2) is 0 Å². The van der Waals surface area contributed by atoms with Gasteiger partial charge in [-0.2, -0.15) is 5.26 Å². The lowest BCUT2D eigenvalue weighted by Gasteiger charge is -2.40. The van der Waals surface area contributed by atoms with Crippen LogP contribution in [0, 0.1) is 11.3 Å². The fourth-order valence-corrected chi connectivity index (χ4v) is 3.28. The third-order valence-corrected chi connectivity index (χ3v) is 4.53. The van der Waals surface area contributed by atoms with Gasteiger partial charge in [0.15, 0.2) is 5.79 Å². The molecule has 0 N–H and O–H groups in total. The number of hydrogen-bond donors (Lipinski definition) is 0. The van der Waals surface area contributed by atoms with Crippen molar-refractivity contribution in [1.82, 2.24) is 0 Å². The van der Waals surface area contributed by atoms with Crippen LogP contribution in [0.2, 0.25) is 0 Å². The normalized spacial score (nSPS) is 22.7. The second-order valence-electron chi connectivity index (χ2n) is 5.87. The molecule has 1 aromatic carbocycles. The van der Waals surface area contributed by atoms with Crippen molar-refractivity contribution in [2.45, 2.75) is 43.2 Å². The van der Waals surface area contributed by atoms with Crippen LogP contribution in [-0.4, -0.2) is 25.4 Å². The van der Waals surface area contributed by atoms with Gasteiger partial charge in [0, 0.05) is 12.8 Å². The lowest BCUT2D eigenvalue weighted by Crippen LogP contribution is -2.41. The van der Waals surface area contributed by atoms with Crippen LogP contribution in [0.3, 0.4) is 0 Å². The molecular formula is C16H16F3NO3. The number of alkyl halides is 3. The first kappa shape index (κ1) is 16.1. The number of nitriles is 1. The van der Waals surface area contributed by atoms with E-state index < -0.39 is 17.6 Å². The molecule has 0 radical (unpaired) electrons. The molecule has 0 bridgehead atoms. The molecule has 124 valence electrons. The summed E-state index contributed by atoms with van der Waals surface area (Å²) in [4.78, 5) is 0. The van der Waals surface area contributed by atoms with Gasteiger partial charge < -0.3 is 14.2 Å². The highest BCUT2D eigenvalue weighted by Gasteiger charge is 2.47. The van der Waals surface area contributed by atoms with Gasteiger partial charge in [0.05, 0.1) is 24.7 Å². The molecule has 1 aromatic rings. The number of nitrogens with zero attached hydrogens (tertiary/aromatic N) is 1. The molecule has 1 heterocycles. The summed E-state index contributed by atoms with van der Waals surface area (Å²) in [5.74, 6) is -0.872. The predicted octanol–water partition coefficient (Wildman–Crippen LogP) is 3.66. The van der Waals surface area contributed by atoms with Crippen molar-refractivity contribution in [1.29, 1.82) is 5.26 Å². The third-order valence-electron chi connectivity index (χ3n) is 4.53. The Balaban J connectivity index is 1.75. The van der Waals surface area contributed by atoms with E-state index in [4.69, 9.17) is 9.47 Å². The zero-order valence-corrected chi connectivity index (χ0v) is 12.4. The van der Waals surface area contributed by atoms with E-state index in [-0.39, 0.29) is 5.75 Å². The van der Waals surface area contributed by atoms with E-state index in [9.17, 15) is 18.4 Å². The summed E-state index contributed by atoms with van der Waals surface area (Å²) in [7, 11) is 0. The van der Waals surface area contributed by atoms with E-state index >= 15 is 0 Å². The fourth-order valence-electron chi connectivity index (χ4n) is 3.28. The van der Waals surface area contributed by atoms with Crippen LogP contribution in [-0.2, 0) is 14.9 Å². The first-order valence-corrected chi connectivity index (χ1v) is 7.42. The summed E-state index contributed by atoms with van der Waals surface area (Å²) in [6, 6.07) is 7.88. The van der Waals surface area contributed by atoms with Crippen LogP contribution in [0.1, 0.15) is 31.2 Å². The summed E-state index contributed by atoms with van der Waals surface area (Å²) in [5, 5.41) is 9.64. The fraction of sp³-hybridized carbons (Fsp3) is 0.562. The molecule has 2 aliphatic rings. The zero-order chi connectivity index (χ0) is 16.6. The maximum Gasteiger partial charge on any atom is 0.573 e. The lowest BCUT2D eigenvalue weighted by atomic mass is 9.69. The van der Waals surface area contributed by atoms with E-state index in [0.717, 1.165) is 0 Å². The maximum absolute atomic E-state index is 12.2. The highest BCUT2D eigenvalue weighted by Crippen LogP contribution is 2.46. The van der Waals surface area contributed by atoms with E-state index in [2.05, 4.69) is 10.8 Å². The number of benzene rings is 1. The molecule has 4 nitrogen and oxygen atoms in total. The third kappa shape index (κ3) is 3.28. The van der Waals surface area contributed by atoms with Gasteiger partial charge in [-0.1, -0.05) is 12.1 Å². The van der Waals surface area contributed by atoms with Crippen LogP contribution >= 0.6 is 0 Å². The van der Waals surface area contributed by atoms with Crippen molar-refractivity contribution < 1.29 is 27.4 Å². The topological polar surface area (TPSA) is 51.5 Å². The van der Waals surface area contributed by atoms with E-state index in [1.165, 1.54) is 24.3 Å². The molecule has 3 rings (SSSR count). The van der Waals surface area contributed by atoms with Crippen molar-refractivity contribution in [2.24, 2.45) is 0 Å². The van der Waals surface area contributed by atoms with Crippen LogP contribution in [0.15, 0.2) is 24.3 Å². The van der Waals surface area contributed by atoms with E-state index in [1.54, 1.807) is 0 Å². The van der Waals surface area contributed by atoms with Crippen LogP contribution in [0.4, 0.5) is 13.2 Å². The SMILES string of the molecule is N#CC1(c2ccc(OC(F)(F)F)cc2)CCC2(CC1)OCCO2. The van der Waals surface area contributed by atoms with Gasteiger partial charge in [-0.15, -0.1) is 13.2 Å². The Kier molecular flexibility index (Phi) is 3.98. The van der Waals surface area contributed by atoms with Crippen molar-refractivity contribution >= 4 is 0 Å². The van der Waals surface area contributed by atoms with Gasteiger partial charge in [-0.3, -0.25) is 0 Å². The molecule has 1 saturated carbocycles. The molecule has 1 saturated heterocycles. The number of hydrogen-bond acceptors (Lipinski definition) is 4. The highest BCUT2D eigenvalue weighted by molar-refractivity contribution is 5.37. The summed E-state index contributed by atoms with van der Waals surface area (Å²) >= 11 is 0.